The maximum atomic E-state index is 8.63. The van der Waals surface area contributed by atoms with E-state index >= 15 is 0 Å². The van der Waals surface area contributed by atoms with Crippen LogP contribution in [0.25, 0.3) is 0 Å². The van der Waals surface area contributed by atoms with Crippen molar-refractivity contribution in [1.29, 1.82) is 0 Å². The molecule has 0 amide bonds. The molecule has 0 aliphatic heterocycles. The summed E-state index contributed by atoms with van der Waals surface area (Å²) in [6.07, 6.45) is 0. The first kappa shape index (κ1) is 25.0. The van der Waals surface area contributed by atoms with Crippen molar-refractivity contribution in [2.75, 3.05) is 0 Å². The van der Waals surface area contributed by atoms with E-state index in [4.69, 9.17) is 14.3 Å². The van der Waals surface area contributed by atoms with E-state index in [2.05, 4.69) is 18.2 Å². The summed E-state index contributed by atoms with van der Waals surface area (Å²) in [4.78, 5) is 0. The van der Waals surface area contributed by atoms with Crippen LogP contribution in [0, 0.1) is 18.2 Å². The normalized spacial score (nSPS) is 8.42. The van der Waals surface area contributed by atoms with Crippen LogP contribution in [0.15, 0.2) is 91.0 Å². The molecule has 0 bridgehead atoms. The molecule has 0 saturated heterocycles. The van der Waals surface area contributed by atoms with Crippen LogP contribution in [0.5, 0.6) is 0 Å². The van der Waals surface area contributed by atoms with Gasteiger partial charge in [-0.3, -0.25) is 0 Å². The van der Waals surface area contributed by atoms with E-state index in [-0.39, 0.29) is 27.3 Å². The van der Waals surface area contributed by atoms with Gasteiger partial charge in [-0.05, 0) is 0 Å². The summed E-state index contributed by atoms with van der Waals surface area (Å²) in [6, 6.07) is 37.5. The van der Waals surface area contributed by atoms with Crippen molar-refractivity contribution in [3.8, 4) is 0 Å². The Balaban J connectivity index is 0. The Bertz CT molecular complexity index is 500. The Hall–Kier alpha value is -1.21. The SMILES string of the molecule is [O]=[Mo](=[O])([O-])[O-].[Pb+2].[c-]1ccccc1.[c-]1ccccc1.[c-]1ccccc1. The molecular formula is C18H15MoO4Pb-3. The van der Waals surface area contributed by atoms with Gasteiger partial charge in [-0.15, -0.1) is 0 Å². The third-order valence-electron chi connectivity index (χ3n) is 1.82. The van der Waals surface area contributed by atoms with Crippen LogP contribution in [-0.2, 0) is 23.5 Å². The van der Waals surface area contributed by atoms with Gasteiger partial charge in [0, 0.05) is 0 Å². The summed E-state index contributed by atoms with van der Waals surface area (Å²) >= 11 is -6.02. The van der Waals surface area contributed by atoms with Gasteiger partial charge in [0.2, 0.25) is 0 Å². The predicted molar refractivity (Wildman–Crippen MR) is 83.0 cm³/mol. The summed E-state index contributed by atoms with van der Waals surface area (Å²) in [7, 11) is 0. The Morgan fingerprint density at radius 2 is 0.667 bits per heavy atom. The molecule has 3 aromatic rings. The average molecular weight is 598 g/mol. The molecule has 6 heteroatoms. The zero-order valence-electron chi connectivity index (χ0n) is 12.7. The van der Waals surface area contributed by atoms with Crippen molar-refractivity contribution < 1.29 is 31.1 Å². The quantitative estimate of drug-likeness (QED) is 0.290. The fourth-order valence-corrected chi connectivity index (χ4v) is 1.03. The molecule has 0 heterocycles. The van der Waals surface area contributed by atoms with Crippen LogP contribution in [0.3, 0.4) is 0 Å². The maximum Gasteiger partial charge on any atom is 2.00 e. The molecule has 0 atom stereocenters. The second-order valence-corrected chi connectivity index (χ2v) is 5.65. The minimum Gasteiger partial charge on any atom is -0.184 e. The van der Waals surface area contributed by atoms with E-state index in [0.29, 0.717) is 0 Å². The van der Waals surface area contributed by atoms with Gasteiger partial charge in [0.1, 0.15) is 0 Å². The van der Waals surface area contributed by atoms with Gasteiger partial charge in [-0.25, -0.2) is 0 Å². The van der Waals surface area contributed by atoms with Crippen LogP contribution in [0.2, 0.25) is 0 Å². The average Bonchev–Trinajstić information content (AvgIpc) is 2.59. The molecule has 4 nitrogen and oxygen atoms in total. The van der Waals surface area contributed by atoms with E-state index < -0.39 is 16.7 Å². The van der Waals surface area contributed by atoms with Crippen LogP contribution in [0.4, 0.5) is 0 Å². The van der Waals surface area contributed by atoms with Crippen molar-refractivity contribution in [1.82, 2.24) is 0 Å². The monoisotopic (exact) mass is 601 g/mol. The minimum absolute atomic E-state index is 0. The molecule has 24 heavy (non-hydrogen) atoms. The summed E-state index contributed by atoms with van der Waals surface area (Å²) in [5, 5.41) is 0. The second kappa shape index (κ2) is 18.1. The minimum atomic E-state index is -6.02. The third kappa shape index (κ3) is 28.9. The fourth-order valence-electron chi connectivity index (χ4n) is 1.03. The van der Waals surface area contributed by atoms with Gasteiger partial charge in [-0.2, -0.15) is 109 Å². The molecular weight excluding hydrogens is 583 g/mol. The molecule has 0 aliphatic rings. The third-order valence-corrected chi connectivity index (χ3v) is 1.82. The Morgan fingerprint density at radius 1 is 0.500 bits per heavy atom. The zero-order valence-corrected chi connectivity index (χ0v) is 18.6. The Morgan fingerprint density at radius 3 is 0.708 bits per heavy atom. The van der Waals surface area contributed by atoms with Gasteiger partial charge in [0.15, 0.2) is 0 Å². The molecule has 0 unspecified atom stereocenters. The second-order valence-electron chi connectivity index (χ2n) is 3.64. The first-order valence-corrected chi connectivity index (χ1v) is 9.68. The van der Waals surface area contributed by atoms with Crippen LogP contribution >= 0.6 is 0 Å². The van der Waals surface area contributed by atoms with Gasteiger partial charge in [0.25, 0.3) is 0 Å². The summed E-state index contributed by atoms with van der Waals surface area (Å²) in [5.74, 6) is 0. The van der Waals surface area contributed by atoms with Crippen molar-refractivity contribution >= 4 is 27.3 Å². The topological polar surface area (TPSA) is 80.3 Å². The number of hydrogen-bond acceptors (Lipinski definition) is 4. The summed E-state index contributed by atoms with van der Waals surface area (Å²) < 4.78 is 34.5. The van der Waals surface area contributed by atoms with Gasteiger partial charge in [-0.1, -0.05) is 0 Å². The summed E-state index contributed by atoms with van der Waals surface area (Å²) in [5.41, 5.74) is 0. The molecule has 0 aliphatic carbocycles. The molecule has 2 radical (unpaired) electrons. The molecule has 124 valence electrons. The first-order chi connectivity index (χ1) is 11.0. The number of benzene rings is 3. The van der Waals surface area contributed by atoms with Crippen molar-refractivity contribution in [2.24, 2.45) is 0 Å². The first-order valence-electron chi connectivity index (χ1n) is 6.40. The van der Waals surface area contributed by atoms with Crippen molar-refractivity contribution in [2.45, 2.75) is 0 Å². The van der Waals surface area contributed by atoms with Crippen molar-refractivity contribution in [3.63, 3.8) is 0 Å². The van der Waals surface area contributed by atoms with Gasteiger partial charge >= 0.3 is 58.4 Å². The smallest absolute Gasteiger partial charge is 0.184 e. The van der Waals surface area contributed by atoms with E-state index in [1.165, 1.54) is 0 Å². The van der Waals surface area contributed by atoms with E-state index in [0.717, 1.165) is 0 Å². The molecule has 0 fully saturated rings. The Labute approximate surface area is 166 Å². The van der Waals surface area contributed by atoms with E-state index in [1.807, 2.05) is 91.0 Å². The molecule has 0 aromatic heterocycles. The molecule has 0 N–H and O–H groups in total. The Kier molecular flexibility index (Phi) is 18.9. The van der Waals surface area contributed by atoms with Crippen LogP contribution < -0.4 is 7.52 Å². The number of hydrogen-bond donors (Lipinski definition) is 0. The van der Waals surface area contributed by atoms with Gasteiger partial charge in [0.05, 0.1) is 0 Å². The van der Waals surface area contributed by atoms with Crippen LogP contribution in [0.1, 0.15) is 0 Å². The molecule has 0 saturated carbocycles. The van der Waals surface area contributed by atoms with Crippen LogP contribution in [-0.4, -0.2) is 27.3 Å². The zero-order chi connectivity index (χ0) is 17.2. The molecule has 3 aromatic carbocycles. The standard InChI is InChI=1S/3C6H5.Mo.4O.Pb/c3*1-2-4-6-5-3-1;;;;;;/h3*1-5H;;;;;;/q3*-1;;;;2*-1;+2. The fraction of sp³-hybridized carbons (Fsp3) is 0. The largest absolute Gasteiger partial charge is 2.00 e. The van der Waals surface area contributed by atoms with E-state index in [9.17, 15) is 0 Å². The van der Waals surface area contributed by atoms with Crippen molar-refractivity contribution in [3.05, 3.63) is 109 Å². The molecule has 3 rings (SSSR count). The predicted octanol–water partition coefficient (Wildman–Crippen LogP) is 1.46. The van der Waals surface area contributed by atoms with E-state index in [1.54, 1.807) is 0 Å². The van der Waals surface area contributed by atoms with Gasteiger partial charge < -0.3 is 0 Å². The number of rotatable bonds is 0. The summed E-state index contributed by atoms with van der Waals surface area (Å²) in [6.45, 7) is 0. The molecule has 0 spiro atoms. The maximum absolute atomic E-state index is 8.63.